The van der Waals surface area contributed by atoms with Crippen LogP contribution in [0.2, 0.25) is 0 Å². The molecule has 0 spiro atoms. The largest absolute Gasteiger partial charge is 0.496 e. The second-order valence-electron chi connectivity index (χ2n) is 5.82. The lowest BCUT2D eigenvalue weighted by atomic mass is 10.1. The van der Waals surface area contributed by atoms with Crippen LogP contribution in [0.15, 0.2) is 42.5 Å². The van der Waals surface area contributed by atoms with Gasteiger partial charge in [-0.2, -0.15) is 0 Å². The molecule has 0 aromatic heterocycles. The number of halogens is 1. The van der Waals surface area contributed by atoms with Crippen molar-refractivity contribution in [3.05, 3.63) is 53.6 Å². The summed E-state index contributed by atoms with van der Waals surface area (Å²) in [6.07, 6.45) is 0.983. The van der Waals surface area contributed by atoms with Gasteiger partial charge < -0.3 is 19.9 Å². The molecule has 2 aromatic rings. The molecule has 2 N–H and O–H groups in total. The Balaban J connectivity index is 0.00000338. The first-order chi connectivity index (χ1) is 12.2. The molecule has 0 bridgehead atoms. The highest BCUT2D eigenvalue weighted by Crippen LogP contribution is 2.35. The van der Waals surface area contributed by atoms with Crippen molar-refractivity contribution in [3.8, 4) is 17.2 Å². The SMILES string of the molecule is COc1cc(OC)c(OC)cc1CN(CCN)CCc1ccccc1.Cl. The van der Waals surface area contributed by atoms with E-state index in [0.717, 1.165) is 37.4 Å². The number of nitrogens with two attached hydrogens (primary N) is 1. The Kier molecular flexibility index (Phi) is 9.88. The number of nitrogens with zero attached hydrogens (tertiary/aromatic N) is 1. The molecular weight excluding hydrogens is 352 g/mol. The summed E-state index contributed by atoms with van der Waals surface area (Å²) < 4.78 is 16.3. The third-order valence-electron chi connectivity index (χ3n) is 4.19. The van der Waals surface area contributed by atoms with Gasteiger partial charge in [0.1, 0.15) is 5.75 Å². The Morgan fingerprint density at radius 1 is 0.846 bits per heavy atom. The molecule has 26 heavy (non-hydrogen) atoms. The van der Waals surface area contributed by atoms with E-state index in [1.807, 2.05) is 18.2 Å². The minimum atomic E-state index is 0. The molecule has 6 heteroatoms. The Labute approximate surface area is 162 Å². The van der Waals surface area contributed by atoms with E-state index in [2.05, 4.69) is 29.2 Å². The predicted molar refractivity (Wildman–Crippen MR) is 108 cm³/mol. The molecule has 2 rings (SSSR count). The maximum Gasteiger partial charge on any atom is 0.164 e. The minimum absolute atomic E-state index is 0. The number of methoxy groups -OCH3 is 3. The Morgan fingerprint density at radius 3 is 2.04 bits per heavy atom. The first kappa shape index (κ1) is 22.1. The zero-order valence-electron chi connectivity index (χ0n) is 15.7. The highest BCUT2D eigenvalue weighted by molar-refractivity contribution is 5.85. The zero-order chi connectivity index (χ0) is 18.1. The normalized spacial score (nSPS) is 10.3. The van der Waals surface area contributed by atoms with Crippen LogP contribution in [0.25, 0.3) is 0 Å². The third kappa shape index (κ3) is 6.09. The van der Waals surface area contributed by atoms with Crippen molar-refractivity contribution in [1.82, 2.24) is 4.90 Å². The van der Waals surface area contributed by atoms with Crippen molar-refractivity contribution in [2.24, 2.45) is 5.73 Å². The molecule has 0 aliphatic heterocycles. The smallest absolute Gasteiger partial charge is 0.164 e. The van der Waals surface area contributed by atoms with Gasteiger partial charge in [-0.15, -0.1) is 12.4 Å². The summed E-state index contributed by atoms with van der Waals surface area (Å²) in [5.74, 6) is 2.16. The van der Waals surface area contributed by atoms with Crippen LogP contribution in [0, 0.1) is 0 Å². The molecule has 0 radical (unpaired) electrons. The van der Waals surface area contributed by atoms with Crippen molar-refractivity contribution < 1.29 is 14.2 Å². The van der Waals surface area contributed by atoms with Crippen molar-refractivity contribution in [3.63, 3.8) is 0 Å². The average molecular weight is 381 g/mol. The summed E-state index contributed by atoms with van der Waals surface area (Å²) >= 11 is 0. The average Bonchev–Trinajstić information content (AvgIpc) is 2.66. The fourth-order valence-electron chi connectivity index (χ4n) is 2.84. The summed E-state index contributed by atoms with van der Waals surface area (Å²) in [5.41, 5.74) is 8.19. The van der Waals surface area contributed by atoms with Gasteiger partial charge in [0, 0.05) is 37.8 Å². The van der Waals surface area contributed by atoms with E-state index in [-0.39, 0.29) is 12.4 Å². The monoisotopic (exact) mass is 380 g/mol. The quantitative estimate of drug-likeness (QED) is 0.686. The molecule has 0 atom stereocenters. The van der Waals surface area contributed by atoms with E-state index in [0.29, 0.717) is 18.0 Å². The van der Waals surface area contributed by atoms with Crippen LogP contribution in [-0.4, -0.2) is 45.9 Å². The van der Waals surface area contributed by atoms with Gasteiger partial charge in [-0.25, -0.2) is 0 Å². The maximum absolute atomic E-state index is 5.81. The van der Waals surface area contributed by atoms with Gasteiger partial charge in [0.05, 0.1) is 21.3 Å². The van der Waals surface area contributed by atoms with Crippen LogP contribution in [0.5, 0.6) is 17.2 Å². The first-order valence-electron chi connectivity index (χ1n) is 8.47. The standard InChI is InChI=1S/C20H28N2O3.ClH/c1-23-18-14-20(25-3)19(24-2)13-17(18)15-22(12-10-21)11-9-16-7-5-4-6-8-16;/h4-8,13-14H,9-12,15,21H2,1-3H3;1H. The number of rotatable bonds is 10. The van der Waals surface area contributed by atoms with Gasteiger partial charge in [-0.05, 0) is 18.1 Å². The van der Waals surface area contributed by atoms with Gasteiger partial charge in [0.15, 0.2) is 11.5 Å². The van der Waals surface area contributed by atoms with Crippen molar-refractivity contribution in [1.29, 1.82) is 0 Å². The highest BCUT2D eigenvalue weighted by Gasteiger charge is 2.15. The number of ether oxygens (including phenoxy) is 3. The molecule has 0 fully saturated rings. The maximum atomic E-state index is 5.81. The van der Waals surface area contributed by atoms with E-state index in [1.54, 1.807) is 21.3 Å². The number of hydrogen-bond acceptors (Lipinski definition) is 5. The molecule has 0 amide bonds. The first-order valence-corrected chi connectivity index (χ1v) is 8.47. The van der Waals surface area contributed by atoms with E-state index in [1.165, 1.54) is 5.56 Å². The molecule has 0 saturated carbocycles. The highest BCUT2D eigenvalue weighted by atomic mass is 35.5. The third-order valence-corrected chi connectivity index (χ3v) is 4.19. The van der Waals surface area contributed by atoms with Crippen LogP contribution in [0.4, 0.5) is 0 Å². The summed E-state index contributed by atoms with van der Waals surface area (Å²) in [6.45, 7) is 3.11. The van der Waals surface area contributed by atoms with Gasteiger partial charge >= 0.3 is 0 Å². The molecule has 0 aliphatic rings. The van der Waals surface area contributed by atoms with Gasteiger partial charge in [0.25, 0.3) is 0 Å². The molecule has 0 heterocycles. The fraction of sp³-hybridized carbons (Fsp3) is 0.400. The Bertz CT molecular complexity index is 653. The summed E-state index contributed by atoms with van der Waals surface area (Å²) in [5, 5.41) is 0. The predicted octanol–water partition coefficient (Wildman–Crippen LogP) is 3.14. The topological polar surface area (TPSA) is 57.0 Å². The second-order valence-corrected chi connectivity index (χ2v) is 5.82. The van der Waals surface area contributed by atoms with Gasteiger partial charge in [-0.1, -0.05) is 30.3 Å². The van der Waals surface area contributed by atoms with Crippen LogP contribution in [0.1, 0.15) is 11.1 Å². The van der Waals surface area contributed by atoms with Crippen LogP contribution in [0.3, 0.4) is 0 Å². The van der Waals surface area contributed by atoms with Gasteiger partial charge in [-0.3, -0.25) is 4.90 Å². The fourth-order valence-corrected chi connectivity index (χ4v) is 2.84. The van der Waals surface area contributed by atoms with Crippen LogP contribution < -0.4 is 19.9 Å². The number of benzene rings is 2. The Hall–Kier alpha value is -1.95. The Morgan fingerprint density at radius 2 is 1.46 bits per heavy atom. The summed E-state index contributed by atoms with van der Waals surface area (Å²) in [7, 11) is 4.93. The number of hydrogen-bond donors (Lipinski definition) is 1. The summed E-state index contributed by atoms with van der Waals surface area (Å²) in [6, 6.07) is 14.3. The molecular formula is C20H29ClN2O3. The molecule has 5 nitrogen and oxygen atoms in total. The van der Waals surface area contributed by atoms with Gasteiger partial charge in [0.2, 0.25) is 0 Å². The van der Waals surface area contributed by atoms with Crippen molar-refractivity contribution >= 4 is 12.4 Å². The van der Waals surface area contributed by atoms with E-state index >= 15 is 0 Å². The van der Waals surface area contributed by atoms with E-state index in [9.17, 15) is 0 Å². The van der Waals surface area contributed by atoms with E-state index in [4.69, 9.17) is 19.9 Å². The lowest BCUT2D eigenvalue weighted by molar-refractivity contribution is 0.269. The lowest BCUT2D eigenvalue weighted by Gasteiger charge is -2.23. The van der Waals surface area contributed by atoms with E-state index < -0.39 is 0 Å². The molecule has 0 aliphatic carbocycles. The lowest BCUT2D eigenvalue weighted by Crippen LogP contribution is -2.31. The molecule has 144 valence electrons. The summed E-state index contributed by atoms with van der Waals surface area (Å²) in [4.78, 5) is 2.33. The molecule has 0 unspecified atom stereocenters. The van der Waals surface area contributed by atoms with Crippen LogP contribution >= 0.6 is 12.4 Å². The molecule has 2 aromatic carbocycles. The zero-order valence-corrected chi connectivity index (χ0v) is 16.6. The second kappa shape index (κ2) is 11.6. The van der Waals surface area contributed by atoms with Crippen molar-refractivity contribution in [2.45, 2.75) is 13.0 Å². The van der Waals surface area contributed by atoms with Crippen LogP contribution in [-0.2, 0) is 13.0 Å². The molecule has 0 saturated heterocycles. The minimum Gasteiger partial charge on any atom is -0.496 e. The van der Waals surface area contributed by atoms with Crippen molar-refractivity contribution in [2.75, 3.05) is 41.0 Å².